The van der Waals surface area contributed by atoms with Crippen molar-refractivity contribution in [1.29, 1.82) is 0 Å². The number of hydrogen-bond acceptors (Lipinski definition) is 6. The number of amides is 4. The van der Waals surface area contributed by atoms with Gasteiger partial charge >= 0.3 is 6.03 Å². The molecular formula is C24H14Br2FN3O6. The Labute approximate surface area is 220 Å². The number of nitrogens with one attached hydrogen (secondary N) is 1. The van der Waals surface area contributed by atoms with E-state index in [-0.39, 0.29) is 29.4 Å². The summed E-state index contributed by atoms with van der Waals surface area (Å²) in [6, 6.07) is 13.1. The van der Waals surface area contributed by atoms with Gasteiger partial charge in [0.05, 0.1) is 19.6 Å². The Morgan fingerprint density at radius 3 is 2.39 bits per heavy atom. The highest BCUT2D eigenvalue weighted by Gasteiger charge is 2.37. The van der Waals surface area contributed by atoms with Crippen LogP contribution in [0.15, 0.2) is 75.2 Å². The number of halogens is 3. The topological polar surface area (TPSA) is 119 Å². The molecule has 0 spiro atoms. The van der Waals surface area contributed by atoms with Crippen molar-refractivity contribution in [3.05, 3.63) is 102 Å². The molecule has 1 N–H and O–H groups in total. The molecule has 0 atom stereocenters. The summed E-state index contributed by atoms with van der Waals surface area (Å²) in [6.07, 6.45) is 1.28. The molecule has 182 valence electrons. The molecule has 9 nitrogen and oxygen atoms in total. The molecule has 1 saturated heterocycles. The van der Waals surface area contributed by atoms with Crippen molar-refractivity contribution in [3.8, 4) is 5.75 Å². The average Bonchev–Trinajstić information content (AvgIpc) is 2.81. The Kier molecular flexibility index (Phi) is 7.27. The van der Waals surface area contributed by atoms with Crippen molar-refractivity contribution in [3.63, 3.8) is 0 Å². The van der Waals surface area contributed by atoms with Crippen LogP contribution in [-0.2, 0) is 16.2 Å². The van der Waals surface area contributed by atoms with Crippen LogP contribution in [0.4, 0.5) is 20.6 Å². The minimum absolute atomic E-state index is 0.0615. The Hall–Kier alpha value is -3.90. The number of barbiturate groups is 1. The molecule has 1 aliphatic heterocycles. The largest absolute Gasteiger partial charge is 0.487 e. The van der Waals surface area contributed by atoms with Crippen molar-refractivity contribution in [1.82, 2.24) is 5.32 Å². The van der Waals surface area contributed by atoms with Gasteiger partial charge in [-0.05, 0) is 79.4 Å². The first-order valence-electron chi connectivity index (χ1n) is 10.2. The zero-order chi connectivity index (χ0) is 26.0. The van der Waals surface area contributed by atoms with Crippen LogP contribution in [-0.4, -0.2) is 22.8 Å². The van der Waals surface area contributed by atoms with Gasteiger partial charge in [0.15, 0.2) is 0 Å². The number of rotatable bonds is 6. The van der Waals surface area contributed by atoms with Gasteiger partial charge in [0.2, 0.25) is 0 Å². The number of carbonyl (C=O) groups excluding carboxylic acids is 3. The number of carbonyl (C=O) groups is 3. The zero-order valence-corrected chi connectivity index (χ0v) is 21.2. The number of nitro groups is 1. The molecule has 4 rings (SSSR count). The Bertz CT molecular complexity index is 1440. The van der Waals surface area contributed by atoms with Gasteiger partial charge in [-0.1, -0.05) is 18.2 Å². The second kappa shape index (κ2) is 10.4. The minimum atomic E-state index is -1.02. The SMILES string of the molecule is O=C1NC(=O)N(c2cccc([N+](=O)[O-])c2)C(=O)/C1=C/c1cc(Br)c(OCc2cccc(F)c2)c(Br)c1. The second-order valence-corrected chi connectivity index (χ2v) is 9.18. The van der Waals surface area contributed by atoms with Gasteiger partial charge in [-0.15, -0.1) is 0 Å². The number of ether oxygens (including phenoxy) is 1. The van der Waals surface area contributed by atoms with E-state index in [0.29, 0.717) is 30.7 Å². The van der Waals surface area contributed by atoms with Crippen molar-refractivity contribution in [2.45, 2.75) is 6.61 Å². The van der Waals surface area contributed by atoms with Gasteiger partial charge in [-0.25, -0.2) is 14.1 Å². The summed E-state index contributed by atoms with van der Waals surface area (Å²) in [6.45, 7) is 0.0938. The fourth-order valence-electron chi connectivity index (χ4n) is 3.39. The molecule has 0 radical (unpaired) electrons. The monoisotopic (exact) mass is 617 g/mol. The maximum atomic E-state index is 13.4. The van der Waals surface area contributed by atoms with E-state index in [9.17, 15) is 28.9 Å². The van der Waals surface area contributed by atoms with Crippen LogP contribution in [0.5, 0.6) is 5.75 Å². The van der Waals surface area contributed by atoms with E-state index in [0.717, 1.165) is 6.07 Å². The number of benzene rings is 3. The highest BCUT2D eigenvalue weighted by molar-refractivity contribution is 9.11. The van der Waals surface area contributed by atoms with Gasteiger partial charge in [-0.3, -0.25) is 25.0 Å². The van der Waals surface area contributed by atoms with Crippen molar-refractivity contribution in [2.75, 3.05) is 4.90 Å². The van der Waals surface area contributed by atoms with Crippen LogP contribution in [0.25, 0.3) is 6.08 Å². The number of nitrogens with zero attached hydrogens (tertiary/aromatic N) is 2. The summed E-state index contributed by atoms with van der Waals surface area (Å²) in [5.74, 6) is -1.83. The number of urea groups is 1. The first kappa shape index (κ1) is 25.2. The summed E-state index contributed by atoms with van der Waals surface area (Å²) in [5, 5.41) is 13.2. The molecule has 12 heteroatoms. The van der Waals surface area contributed by atoms with Gasteiger partial charge in [0.25, 0.3) is 17.5 Å². The molecule has 0 saturated carbocycles. The molecule has 1 aliphatic rings. The molecule has 3 aromatic carbocycles. The van der Waals surface area contributed by atoms with Crippen LogP contribution in [0.3, 0.4) is 0 Å². The number of non-ortho nitro benzene ring substituents is 1. The predicted molar refractivity (Wildman–Crippen MR) is 135 cm³/mol. The molecule has 3 aromatic rings. The number of hydrogen-bond donors (Lipinski definition) is 1. The maximum absolute atomic E-state index is 13.4. The van der Waals surface area contributed by atoms with E-state index in [1.165, 1.54) is 36.4 Å². The fraction of sp³-hybridized carbons (Fsp3) is 0.0417. The summed E-state index contributed by atoms with van der Waals surface area (Å²) in [7, 11) is 0. The fourth-order valence-corrected chi connectivity index (χ4v) is 4.84. The molecule has 0 bridgehead atoms. The summed E-state index contributed by atoms with van der Waals surface area (Å²) >= 11 is 6.78. The number of imide groups is 2. The van der Waals surface area contributed by atoms with E-state index in [2.05, 4.69) is 37.2 Å². The molecule has 0 aromatic heterocycles. The molecule has 36 heavy (non-hydrogen) atoms. The molecule has 1 heterocycles. The standard InChI is InChI=1S/C24H14Br2FN3O6/c25-19-9-14(10-20(26)21(19)36-12-13-3-1-4-15(27)7-13)8-18-22(31)28-24(33)29(23(18)32)16-5-2-6-17(11-16)30(34)35/h1-11H,12H2,(H,28,31,33)/b18-8+. The van der Waals surface area contributed by atoms with E-state index in [4.69, 9.17) is 4.74 Å². The molecule has 1 fully saturated rings. The lowest BCUT2D eigenvalue weighted by Gasteiger charge is -2.26. The normalized spacial score (nSPS) is 14.7. The van der Waals surface area contributed by atoms with Crippen molar-refractivity contribution >= 4 is 67.2 Å². The van der Waals surface area contributed by atoms with Crippen LogP contribution >= 0.6 is 31.9 Å². The summed E-state index contributed by atoms with van der Waals surface area (Å²) in [4.78, 5) is 49.0. The lowest BCUT2D eigenvalue weighted by Crippen LogP contribution is -2.54. The third-order valence-electron chi connectivity index (χ3n) is 5.00. The highest BCUT2D eigenvalue weighted by atomic mass is 79.9. The van der Waals surface area contributed by atoms with Crippen LogP contribution in [0.1, 0.15) is 11.1 Å². The molecule has 0 aliphatic carbocycles. The van der Waals surface area contributed by atoms with Gasteiger partial charge in [-0.2, -0.15) is 0 Å². The second-order valence-electron chi connectivity index (χ2n) is 7.47. The highest BCUT2D eigenvalue weighted by Crippen LogP contribution is 2.36. The van der Waals surface area contributed by atoms with E-state index < -0.39 is 22.8 Å². The Morgan fingerprint density at radius 2 is 1.72 bits per heavy atom. The Morgan fingerprint density at radius 1 is 1.03 bits per heavy atom. The van der Waals surface area contributed by atoms with Crippen molar-refractivity contribution < 1.29 is 28.4 Å². The van der Waals surface area contributed by atoms with Crippen LogP contribution in [0, 0.1) is 15.9 Å². The molecule has 0 unspecified atom stereocenters. The van der Waals surface area contributed by atoms with E-state index >= 15 is 0 Å². The van der Waals surface area contributed by atoms with Crippen molar-refractivity contribution in [2.24, 2.45) is 0 Å². The lowest BCUT2D eigenvalue weighted by atomic mass is 10.1. The summed E-state index contributed by atoms with van der Waals surface area (Å²) in [5.41, 5.74) is 0.299. The van der Waals surface area contributed by atoms with Gasteiger partial charge in [0, 0.05) is 12.1 Å². The zero-order valence-electron chi connectivity index (χ0n) is 18.0. The van der Waals surface area contributed by atoms with Crippen LogP contribution < -0.4 is 15.0 Å². The van der Waals surface area contributed by atoms with E-state index in [1.54, 1.807) is 24.3 Å². The minimum Gasteiger partial charge on any atom is -0.487 e. The third-order valence-corrected chi connectivity index (χ3v) is 6.18. The quantitative estimate of drug-likeness (QED) is 0.169. The smallest absolute Gasteiger partial charge is 0.335 e. The first-order valence-corrected chi connectivity index (χ1v) is 11.7. The predicted octanol–water partition coefficient (Wildman–Crippen LogP) is 5.50. The van der Waals surface area contributed by atoms with Gasteiger partial charge < -0.3 is 4.74 Å². The average molecular weight is 619 g/mol. The Balaban J connectivity index is 1.62. The van der Waals surface area contributed by atoms with Gasteiger partial charge in [0.1, 0.15) is 23.7 Å². The lowest BCUT2D eigenvalue weighted by molar-refractivity contribution is -0.384. The summed E-state index contributed by atoms with van der Waals surface area (Å²) < 4.78 is 20.2. The third kappa shape index (κ3) is 5.34. The van der Waals surface area contributed by atoms with E-state index in [1.807, 2.05) is 0 Å². The van der Waals surface area contributed by atoms with Crippen LogP contribution in [0.2, 0.25) is 0 Å². The molecule has 4 amide bonds. The molecular weight excluding hydrogens is 605 g/mol. The number of anilines is 1. The maximum Gasteiger partial charge on any atom is 0.335 e. The first-order chi connectivity index (χ1) is 17.1. The number of nitro benzene ring substituents is 1.